The summed E-state index contributed by atoms with van der Waals surface area (Å²) in [6, 6.07) is 3.73. The second-order valence-electron chi connectivity index (χ2n) is 7.57. The van der Waals surface area contributed by atoms with Crippen LogP contribution in [0.5, 0.6) is 0 Å². The maximum Gasteiger partial charge on any atom is 0.333 e. The zero-order valence-corrected chi connectivity index (χ0v) is 18.2. The molecule has 0 fully saturated rings. The molecule has 0 amide bonds. The number of hydrogen-bond acceptors (Lipinski definition) is 3. The van der Waals surface area contributed by atoms with Crippen molar-refractivity contribution < 1.29 is 13.6 Å². The third kappa shape index (κ3) is 11.1. The zero-order valence-electron chi connectivity index (χ0n) is 15.0. The van der Waals surface area contributed by atoms with Crippen LogP contribution in [0, 0.1) is 0 Å². The molecule has 0 N–H and O–H groups in total. The Kier molecular flexibility index (Phi) is 8.99. The Morgan fingerprint density at radius 2 is 1.62 bits per heavy atom. The van der Waals surface area contributed by atoms with Crippen LogP contribution in [0.15, 0.2) is 12.2 Å². The van der Waals surface area contributed by atoms with Crippen LogP contribution in [0.4, 0.5) is 0 Å². The molecule has 0 radical (unpaired) electrons. The van der Waals surface area contributed by atoms with Crippen molar-refractivity contribution in [3.63, 3.8) is 0 Å². The molecule has 124 valence electrons. The monoisotopic (exact) mass is 346 g/mol. The van der Waals surface area contributed by atoms with Crippen LogP contribution in [-0.4, -0.2) is 38.0 Å². The van der Waals surface area contributed by atoms with Gasteiger partial charge in [0.25, 0.3) is 0 Å². The van der Waals surface area contributed by atoms with Crippen LogP contribution in [-0.2, 0) is 13.6 Å². The van der Waals surface area contributed by atoms with E-state index < -0.39 is 25.4 Å². The fraction of sp³-hybridized carbons (Fsp3) is 0.800. The maximum atomic E-state index is 11.3. The second-order valence-corrected chi connectivity index (χ2v) is 19.8. The second kappa shape index (κ2) is 9.07. The van der Waals surface area contributed by atoms with Gasteiger partial charge in [0.05, 0.1) is 6.61 Å². The molecule has 6 heteroatoms. The molecule has 3 nitrogen and oxygen atoms in total. The molecule has 0 heterocycles. The summed E-state index contributed by atoms with van der Waals surface area (Å²) in [5.74, 6) is -0.285. The highest BCUT2D eigenvalue weighted by Crippen LogP contribution is 2.24. The number of carbonyl (C=O) groups excluding carboxylic acids is 1. The highest BCUT2D eigenvalue weighted by molar-refractivity contribution is 6.85. The van der Waals surface area contributed by atoms with Crippen LogP contribution in [0.1, 0.15) is 13.3 Å². The highest BCUT2D eigenvalue weighted by Gasteiger charge is 2.32. The molecule has 0 aromatic heterocycles. The van der Waals surface area contributed by atoms with Crippen LogP contribution < -0.4 is 0 Å². The van der Waals surface area contributed by atoms with Gasteiger partial charge in [-0.05, 0) is 51.6 Å². The van der Waals surface area contributed by atoms with Gasteiger partial charge in [0.1, 0.15) is 0 Å². The SMILES string of the molecule is C=C(C)C(=O)OCCC[Si](C)(C)O[Si](C)(C)CC[SiH](C)C. The largest absolute Gasteiger partial charge is 0.462 e. The first kappa shape index (κ1) is 20.8. The number of hydrogen-bond donors (Lipinski definition) is 0. The van der Waals surface area contributed by atoms with E-state index in [0.29, 0.717) is 12.2 Å². The standard InChI is InChI=1S/C15H34O3Si3/c1-14(2)15(16)17-10-9-12-20(5,6)18-21(7,8)13-11-19(3)4/h19H,1,9-13H2,2-8H3. The number of rotatable bonds is 10. The zero-order chi connectivity index (χ0) is 16.7. The summed E-state index contributed by atoms with van der Waals surface area (Å²) in [5.41, 5.74) is 0.467. The fourth-order valence-corrected chi connectivity index (χ4v) is 15.2. The molecule has 0 saturated carbocycles. The van der Waals surface area contributed by atoms with Crippen molar-refractivity contribution in [2.45, 2.75) is 70.8 Å². The van der Waals surface area contributed by atoms with Gasteiger partial charge in [-0.15, -0.1) is 0 Å². The quantitative estimate of drug-likeness (QED) is 0.254. The molecule has 0 rings (SSSR count). The Balaban J connectivity index is 4.12. The third-order valence-corrected chi connectivity index (χ3v) is 12.9. The minimum absolute atomic E-state index is 0.285. The van der Waals surface area contributed by atoms with Crippen molar-refractivity contribution in [1.29, 1.82) is 0 Å². The van der Waals surface area contributed by atoms with E-state index in [1.807, 2.05) is 0 Å². The summed E-state index contributed by atoms with van der Waals surface area (Å²) in [6.45, 7) is 19.8. The van der Waals surface area contributed by atoms with Crippen molar-refractivity contribution in [2.75, 3.05) is 6.61 Å². The van der Waals surface area contributed by atoms with Crippen LogP contribution in [0.2, 0.25) is 57.4 Å². The molecule has 0 atom stereocenters. The molecule has 0 bridgehead atoms. The molecule has 21 heavy (non-hydrogen) atoms. The first-order chi connectivity index (χ1) is 9.45. The van der Waals surface area contributed by atoms with E-state index in [1.54, 1.807) is 6.92 Å². The first-order valence-electron chi connectivity index (χ1n) is 7.98. The van der Waals surface area contributed by atoms with Gasteiger partial charge in [-0.2, -0.15) is 0 Å². The van der Waals surface area contributed by atoms with E-state index in [1.165, 1.54) is 12.1 Å². The van der Waals surface area contributed by atoms with Crippen molar-refractivity contribution in [2.24, 2.45) is 0 Å². The van der Waals surface area contributed by atoms with Gasteiger partial charge < -0.3 is 8.85 Å². The molecule has 0 aliphatic carbocycles. The minimum atomic E-state index is -1.65. The minimum Gasteiger partial charge on any atom is -0.462 e. The van der Waals surface area contributed by atoms with Gasteiger partial charge in [0, 0.05) is 14.4 Å². The van der Waals surface area contributed by atoms with Gasteiger partial charge in [0.15, 0.2) is 16.6 Å². The molecule has 0 spiro atoms. The fourth-order valence-electron chi connectivity index (χ4n) is 2.27. The Morgan fingerprint density at radius 1 is 1.10 bits per heavy atom. The molecule has 0 unspecified atom stereocenters. The molecular formula is C15H34O3Si3. The van der Waals surface area contributed by atoms with Gasteiger partial charge in [-0.3, -0.25) is 0 Å². The predicted molar refractivity (Wildman–Crippen MR) is 99.7 cm³/mol. The summed E-state index contributed by atoms with van der Waals surface area (Å²) in [5, 5.41) is 0. The van der Waals surface area contributed by atoms with Crippen LogP contribution in [0.25, 0.3) is 0 Å². The van der Waals surface area contributed by atoms with Crippen molar-refractivity contribution >= 4 is 31.4 Å². The molecular weight excluding hydrogens is 312 g/mol. The maximum absolute atomic E-state index is 11.3. The Labute approximate surface area is 135 Å². The summed E-state index contributed by atoms with van der Waals surface area (Å²) < 4.78 is 11.7. The Morgan fingerprint density at radius 3 is 2.10 bits per heavy atom. The van der Waals surface area contributed by atoms with Crippen LogP contribution >= 0.6 is 0 Å². The molecule has 0 saturated heterocycles. The van der Waals surface area contributed by atoms with Crippen LogP contribution in [0.3, 0.4) is 0 Å². The van der Waals surface area contributed by atoms with Crippen molar-refractivity contribution in [1.82, 2.24) is 0 Å². The lowest BCUT2D eigenvalue weighted by Crippen LogP contribution is -2.44. The lowest BCUT2D eigenvalue weighted by Gasteiger charge is -2.34. The Bertz CT molecular complexity index is 352. The topological polar surface area (TPSA) is 35.5 Å². The molecule has 0 aliphatic heterocycles. The normalized spacial score (nSPS) is 12.6. The van der Waals surface area contributed by atoms with E-state index in [9.17, 15) is 4.79 Å². The summed E-state index contributed by atoms with van der Waals surface area (Å²) in [7, 11) is -3.66. The molecule has 0 aliphatic rings. The first-order valence-corrected chi connectivity index (χ1v) is 17.3. The predicted octanol–water partition coefficient (Wildman–Crippen LogP) is 4.41. The average Bonchev–Trinajstić information content (AvgIpc) is 2.30. The number of esters is 1. The van der Waals surface area contributed by atoms with Gasteiger partial charge in [-0.1, -0.05) is 25.7 Å². The molecule has 0 aromatic rings. The van der Waals surface area contributed by atoms with E-state index in [-0.39, 0.29) is 5.97 Å². The highest BCUT2D eigenvalue weighted by atomic mass is 28.4. The van der Waals surface area contributed by atoms with Gasteiger partial charge >= 0.3 is 5.97 Å². The number of carbonyl (C=O) groups is 1. The van der Waals surface area contributed by atoms with Crippen molar-refractivity contribution in [3.05, 3.63) is 12.2 Å². The summed E-state index contributed by atoms with van der Waals surface area (Å²) in [6.07, 6.45) is 0.891. The number of ether oxygens (including phenoxy) is 1. The van der Waals surface area contributed by atoms with E-state index in [2.05, 4.69) is 45.9 Å². The van der Waals surface area contributed by atoms with E-state index >= 15 is 0 Å². The van der Waals surface area contributed by atoms with Gasteiger partial charge in [-0.25, -0.2) is 4.79 Å². The Hall–Kier alpha value is -0.179. The van der Waals surface area contributed by atoms with E-state index in [0.717, 1.165) is 12.5 Å². The summed E-state index contributed by atoms with van der Waals surface area (Å²) >= 11 is 0. The van der Waals surface area contributed by atoms with Crippen molar-refractivity contribution in [3.8, 4) is 0 Å². The smallest absolute Gasteiger partial charge is 0.333 e. The van der Waals surface area contributed by atoms with E-state index in [4.69, 9.17) is 8.85 Å². The average molecular weight is 347 g/mol. The summed E-state index contributed by atoms with van der Waals surface area (Å²) in [4.78, 5) is 11.3. The lowest BCUT2D eigenvalue weighted by molar-refractivity contribution is -0.138. The van der Waals surface area contributed by atoms with Gasteiger partial charge in [0.2, 0.25) is 0 Å². The molecule has 0 aromatic carbocycles. The lowest BCUT2D eigenvalue weighted by atomic mass is 10.4. The third-order valence-electron chi connectivity index (χ3n) is 3.38.